The molecule has 0 aliphatic carbocycles. The van der Waals surface area contributed by atoms with Crippen LogP contribution in [0.2, 0.25) is 0 Å². The van der Waals surface area contributed by atoms with Crippen molar-refractivity contribution in [3.8, 4) is 23.0 Å². The number of imidazole rings is 1. The molecule has 1 N–H and O–H groups in total. The Balaban J connectivity index is 1.24. The van der Waals surface area contributed by atoms with E-state index in [0.717, 1.165) is 5.56 Å². The molecule has 2 aromatic heterocycles. The number of halogens is 2. The van der Waals surface area contributed by atoms with Crippen LogP contribution in [-0.2, 0) is 6.54 Å². The highest BCUT2D eigenvalue weighted by Gasteiger charge is 2.14. The van der Waals surface area contributed by atoms with E-state index in [1.165, 1.54) is 30.3 Å². The average molecular weight is 457 g/mol. The number of hydrogen-bond acceptors (Lipinski definition) is 5. The molecule has 0 unspecified atom stereocenters. The smallest absolute Gasteiger partial charge is 0.278 e. The van der Waals surface area contributed by atoms with Gasteiger partial charge in [-0.25, -0.2) is 13.8 Å². The van der Waals surface area contributed by atoms with E-state index in [9.17, 15) is 13.6 Å². The lowest BCUT2D eigenvalue weighted by atomic mass is 10.1. The number of benzene rings is 3. The third kappa shape index (κ3) is 4.58. The summed E-state index contributed by atoms with van der Waals surface area (Å²) < 4.78 is 34.3. The van der Waals surface area contributed by atoms with Gasteiger partial charge in [0, 0.05) is 24.0 Å². The Morgan fingerprint density at radius 2 is 1.82 bits per heavy atom. The predicted molar refractivity (Wildman–Crippen MR) is 121 cm³/mol. The molecule has 3 aromatic carbocycles. The molecule has 0 spiro atoms. The van der Waals surface area contributed by atoms with Gasteiger partial charge >= 0.3 is 0 Å². The summed E-state index contributed by atoms with van der Waals surface area (Å²) in [6.45, 7) is 0.513. The Morgan fingerprint density at radius 1 is 1.00 bits per heavy atom. The van der Waals surface area contributed by atoms with Gasteiger partial charge in [-0.1, -0.05) is 41.6 Å². The normalized spacial score (nSPS) is 10.9. The molecule has 0 radical (unpaired) electrons. The first-order chi connectivity index (χ1) is 16.5. The summed E-state index contributed by atoms with van der Waals surface area (Å²) in [4.78, 5) is 20.9. The summed E-state index contributed by atoms with van der Waals surface area (Å²) in [6, 6.07) is 19.0. The van der Waals surface area contributed by atoms with Gasteiger partial charge in [-0.15, -0.1) is 0 Å². The Morgan fingerprint density at radius 3 is 2.62 bits per heavy atom. The van der Waals surface area contributed by atoms with Gasteiger partial charge in [-0.05, 0) is 42.0 Å². The zero-order valence-electron chi connectivity index (χ0n) is 17.7. The molecule has 0 fully saturated rings. The minimum Gasteiger partial charge on any atom is -0.332 e. The fraction of sp³-hybridized carbons (Fsp3) is 0.0400. The molecule has 9 heteroatoms. The molecule has 5 aromatic rings. The van der Waals surface area contributed by atoms with E-state index >= 15 is 0 Å². The molecule has 0 bridgehead atoms. The van der Waals surface area contributed by atoms with E-state index in [2.05, 4.69) is 20.4 Å². The molecule has 0 aliphatic rings. The van der Waals surface area contributed by atoms with Gasteiger partial charge in [0.1, 0.15) is 17.3 Å². The van der Waals surface area contributed by atoms with Crippen LogP contribution in [0.4, 0.5) is 14.5 Å². The molecule has 0 saturated heterocycles. The van der Waals surface area contributed by atoms with Gasteiger partial charge in [-0.2, -0.15) is 4.98 Å². The van der Waals surface area contributed by atoms with Crippen molar-refractivity contribution in [2.75, 3.05) is 5.32 Å². The van der Waals surface area contributed by atoms with Crippen molar-refractivity contribution in [3.63, 3.8) is 0 Å². The highest BCUT2D eigenvalue weighted by atomic mass is 19.1. The molecule has 0 saturated carbocycles. The highest BCUT2D eigenvalue weighted by molar-refractivity contribution is 6.04. The number of amides is 1. The van der Waals surface area contributed by atoms with E-state index < -0.39 is 11.7 Å². The highest BCUT2D eigenvalue weighted by Crippen LogP contribution is 2.22. The van der Waals surface area contributed by atoms with E-state index in [4.69, 9.17) is 4.52 Å². The number of carbonyl (C=O) groups is 1. The fourth-order valence-corrected chi connectivity index (χ4v) is 3.38. The van der Waals surface area contributed by atoms with Crippen LogP contribution < -0.4 is 5.32 Å². The number of carbonyl (C=O) groups excluding carboxylic acids is 1. The Kier molecular flexibility index (Phi) is 5.65. The summed E-state index contributed by atoms with van der Waals surface area (Å²) in [7, 11) is 0. The van der Waals surface area contributed by atoms with Gasteiger partial charge in [-0.3, -0.25) is 4.79 Å². The van der Waals surface area contributed by atoms with Crippen molar-refractivity contribution >= 4 is 11.6 Å². The van der Waals surface area contributed by atoms with Crippen LogP contribution in [-0.4, -0.2) is 25.6 Å². The van der Waals surface area contributed by atoms with Crippen molar-refractivity contribution in [1.29, 1.82) is 0 Å². The van der Waals surface area contributed by atoms with Crippen molar-refractivity contribution < 1.29 is 18.1 Å². The number of hydrogen-bond donors (Lipinski definition) is 1. The lowest BCUT2D eigenvalue weighted by Crippen LogP contribution is -2.13. The maximum absolute atomic E-state index is 13.8. The quantitative estimate of drug-likeness (QED) is 0.380. The lowest BCUT2D eigenvalue weighted by molar-refractivity contribution is 0.102. The topological polar surface area (TPSA) is 85.8 Å². The van der Waals surface area contributed by atoms with E-state index in [-0.39, 0.29) is 23.1 Å². The Hall–Kier alpha value is -4.66. The number of nitrogens with zero attached hydrogens (tertiary/aromatic N) is 4. The summed E-state index contributed by atoms with van der Waals surface area (Å²) in [5.74, 6) is -0.966. The molecule has 34 heavy (non-hydrogen) atoms. The van der Waals surface area contributed by atoms with Crippen LogP contribution in [0.25, 0.3) is 23.0 Å². The second kappa shape index (κ2) is 9.07. The van der Waals surface area contributed by atoms with Gasteiger partial charge in [0.2, 0.25) is 5.82 Å². The van der Waals surface area contributed by atoms with Crippen LogP contribution in [0.5, 0.6) is 0 Å². The van der Waals surface area contributed by atoms with Crippen LogP contribution >= 0.6 is 0 Å². The monoisotopic (exact) mass is 457 g/mol. The fourth-order valence-electron chi connectivity index (χ4n) is 3.38. The molecular weight excluding hydrogens is 440 g/mol. The average Bonchev–Trinajstić information content (AvgIpc) is 3.50. The van der Waals surface area contributed by atoms with Gasteiger partial charge in [0.05, 0.1) is 11.9 Å². The van der Waals surface area contributed by atoms with Crippen LogP contribution in [0.1, 0.15) is 15.9 Å². The van der Waals surface area contributed by atoms with E-state index in [0.29, 0.717) is 23.5 Å². The summed E-state index contributed by atoms with van der Waals surface area (Å²) in [5.41, 5.74) is 2.50. The maximum Gasteiger partial charge on any atom is 0.278 e. The van der Waals surface area contributed by atoms with Gasteiger partial charge in [0.25, 0.3) is 11.8 Å². The third-order valence-electron chi connectivity index (χ3n) is 5.06. The number of anilines is 1. The number of nitrogens with one attached hydrogen (secondary N) is 1. The molecule has 1 amide bonds. The minimum atomic E-state index is -0.572. The molecule has 5 rings (SSSR count). The minimum absolute atomic E-state index is 0.0147. The number of rotatable bonds is 6. The number of aromatic nitrogens is 4. The zero-order valence-corrected chi connectivity index (χ0v) is 17.7. The second-order valence-electron chi connectivity index (χ2n) is 7.50. The van der Waals surface area contributed by atoms with Crippen molar-refractivity contribution in [2.45, 2.75) is 6.54 Å². The molecule has 2 heterocycles. The Bertz CT molecular complexity index is 1460. The summed E-state index contributed by atoms with van der Waals surface area (Å²) >= 11 is 0. The molecular formula is C25H17F2N5O2. The SMILES string of the molecule is O=C(Nc1ccc(Cn2cnc(-c3nc(-c4cccc(F)c4)no3)c2)cc1)c1ccccc1F. The molecule has 168 valence electrons. The third-order valence-corrected chi connectivity index (χ3v) is 5.06. The van der Waals surface area contributed by atoms with Gasteiger partial charge < -0.3 is 14.4 Å². The second-order valence-corrected chi connectivity index (χ2v) is 7.50. The summed E-state index contributed by atoms with van der Waals surface area (Å²) in [6.07, 6.45) is 3.39. The molecule has 0 atom stereocenters. The first-order valence-corrected chi connectivity index (χ1v) is 10.3. The Labute approximate surface area is 192 Å². The van der Waals surface area contributed by atoms with E-state index in [1.54, 1.807) is 42.9 Å². The zero-order chi connectivity index (χ0) is 23.5. The first kappa shape index (κ1) is 21.2. The molecule has 7 nitrogen and oxygen atoms in total. The van der Waals surface area contributed by atoms with Gasteiger partial charge in [0.15, 0.2) is 0 Å². The van der Waals surface area contributed by atoms with Crippen LogP contribution in [0, 0.1) is 11.6 Å². The lowest BCUT2D eigenvalue weighted by Gasteiger charge is -2.08. The van der Waals surface area contributed by atoms with Crippen molar-refractivity contribution in [1.82, 2.24) is 19.7 Å². The van der Waals surface area contributed by atoms with Crippen LogP contribution in [0.15, 0.2) is 89.8 Å². The predicted octanol–water partition coefficient (Wildman–Crippen LogP) is 5.18. The first-order valence-electron chi connectivity index (χ1n) is 10.3. The van der Waals surface area contributed by atoms with Crippen molar-refractivity contribution in [2.24, 2.45) is 0 Å². The largest absolute Gasteiger partial charge is 0.332 e. The van der Waals surface area contributed by atoms with Crippen molar-refractivity contribution in [3.05, 3.63) is 108 Å². The summed E-state index contributed by atoms with van der Waals surface area (Å²) in [5, 5.41) is 6.58. The molecule has 0 aliphatic heterocycles. The standard InChI is InChI=1S/C25H17F2N5O2/c26-18-5-3-4-17(12-18)23-30-25(34-31-23)22-14-32(15-28-22)13-16-8-10-19(11-9-16)29-24(33)20-6-1-2-7-21(20)27/h1-12,14-15H,13H2,(H,29,33). The maximum atomic E-state index is 13.8. The van der Waals surface area contributed by atoms with Crippen LogP contribution in [0.3, 0.4) is 0 Å². The van der Waals surface area contributed by atoms with E-state index in [1.807, 2.05) is 16.7 Å².